The van der Waals surface area contributed by atoms with E-state index in [1.807, 2.05) is 0 Å². The van der Waals surface area contributed by atoms with Gasteiger partial charge >= 0.3 is 0 Å². The maximum absolute atomic E-state index is 10.3. The molecule has 0 saturated heterocycles. The normalized spacial score (nSPS) is 19.1. The largest absolute Gasteiger partial charge is 0.396 e. The molecule has 0 saturated carbocycles. The lowest BCUT2D eigenvalue weighted by atomic mass is 10.1. The highest BCUT2D eigenvalue weighted by Gasteiger charge is 2.15. The molecule has 0 spiro atoms. The number of β-amino-alcohol motifs (C(OH)–C–C–N with tert-alkyl or cyclic N) is 1. The van der Waals surface area contributed by atoms with E-state index in [-0.39, 0.29) is 21.3 Å². The Morgan fingerprint density at radius 1 is 1.47 bits per heavy atom. The number of halogens is 2. The molecule has 0 heterocycles. The van der Waals surface area contributed by atoms with Gasteiger partial charge < -0.3 is 16.2 Å². The maximum atomic E-state index is 10.3. The first kappa shape index (κ1) is 10.4. The molecule has 3 nitrogen and oxygen atoms in total. The fraction of sp³-hybridized carbons (Fsp3) is 0.500. The third-order valence-corrected chi connectivity index (χ3v) is 2.53. The number of nitrogen functional groups attached to an aromatic ring is 1. The molecule has 1 unspecified atom stereocenters. The Morgan fingerprint density at radius 3 is 2.35 bits per heavy atom. The second-order valence-electron chi connectivity index (χ2n) is 4.70. The van der Waals surface area contributed by atoms with Gasteiger partial charge in [0.25, 0.3) is 0 Å². The number of anilines is 1. The summed E-state index contributed by atoms with van der Waals surface area (Å²) in [6.07, 6.45) is -2.58. The minimum absolute atomic E-state index is 0.0599. The number of hydrogen-bond acceptors (Lipinski definition) is 3. The zero-order valence-corrected chi connectivity index (χ0v) is 11.4. The van der Waals surface area contributed by atoms with Crippen molar-refractivity contribution in [3.63, 3.8) is 0 Å². The SMILES string of the molecule is [2H]C([2H])(NC(C)(C)C)C([2H])(O)c1cc(Cl)c(N)c(Cl)c1. The smallest absolute Gasteiger partial charge is 0.0915 e. The average molecular weight is 280 g/mol. The van der Waals surface area contributed by atoms with Crippen molar-refractivity contribution >= 4 is 28.9 Å². The van der Waals surface area contributed by atoms with Crippen molar-refractivity contribution in [2.45, 2.75) is 32.4 Å². The molecule has 17 heavy (non-hydrogen) atoms. The lowest BCUT2D eigenvalue weighted by molar-refractivity contribution is 0.163. The Bertz CT molecular complexity index is 493. The van der Waals surface area contributed by atoms with Crippen LogP contribution in [-0.2, 0) is 0 Å². The molecule has 1 atom stereocenters. The van der Waals surface area contributed by atoms with Crippen LogP contribution in [0.3, 0.4) is 0 Å². The number of nitrogens with two attached hydrogens (primary N) is 1. The second kappa shape index (κ2) is 5.44. The van der Waals surface area contributed by atoms with E-state index in [1.54, 1.807) is 20.8 Å². The molecule has 0 bridgehead atoms. The molecule has 0 aliphatic heterocycles. The highest BCUT2D eigenvalue weighted by atomic mass is 35.5. The molecule has 5 heteroatoms. The lowest BCUT2D eigenvalue weighted by Gasteiger charge is -2.23. The van der Waals surface area contributed by atoms with Gasteiger partial charge in [0.05, 0.1) is 23.2 Å². The minimum Gasteiger partial charge on any atom is -0.396 e. The van der Waals surface area contributed by atoms with Crippen LogP contribution in [0.5, 0.6) is 0 Å². The van der Waals surface area contributed by atoms with Crippen LogP contribution in [0, 0.1) is 0 Å². The third kappa shape index (κ3) is 4.36. The summed E-state index contributed by atoms with van der Waals surface area (Å²) < 4.78 is 23.8. The predicted molar refractivity (Wildman–Crippen MR) is 73.6 cm³/mol. The van der Waals surface area contributed by atoms with Gasteiger partial charge in [0.1, 0.15) is 0 Å². The molecule has 1 aromatic carbocycles. The van der Waals surface area contributed by atoms with Crippen molar-refractivity contribution in [1.29, 1.82) is 0 Å². The molecule has 0 radical (unpaired) electrons. The minimum atomic E-state index is -2.58. The number of rotatable bonds is 3. The van der Waals surface area contributed by atoms with E-state index in [2.05, 4.69) is 5.32 Å². The molecule has 4 N–H and O–H groups in total. The standard InChI is InChI=1S/C12H18Cl2N2O/c1-12(2,3)16-6-10(17)7-4-8(13)11(15)9(14)5-7/h4-5,10,16-17H,6,15H2,1-3H3/i6D2,10D. The molecular weight excluding hydrogens is 259 g/mol. The molecule has 0 aliphatic carbocycles. The fourth-order valence-electron chi connectivity index (χ4n) is 1.04. The summed E-state index contributed by atoms with van der Waals surface area (Å²) in [4.78, 5) is 0. The second-order valence-corrected chi connectivity index (χ2v) is 5.52. The predicted octanol–water partition coefficient (Wildman–Crippen LogP) is 3.00. The Balaban J connectivity index is 3.28. The van der Waals surface area contributed by atoms with E-state index < -0.39 is 18.1 Å². The van der Waals surface area contributed by atoms with Gasteiger partial charge in [-0.25, -0.2) is 0 Å². The number of nitrogens with one attached hydrogen (secondary N) is 1. The highest BCUT2D eigenvalue weighted by molar-refractivity contribution is 6.38. The lowest BCUT2D eigenvalue weighted by Crippen LogP contribution is -2.38. The Labute approximate surface area is 116 Å². The average Bonchev–Trinajstić information content (AvgIpc) is 2.21. The van der Waals surface area contributed by atoms with Crippen LogP contribution in [0.2, 0.25) is 10.0 Å². The molecule has 96 valence electrons. The Morgan fingerprint density at radius 2 is 1.94 bits per heavy atom. The van der Waals surface area contributed by atoms with Crippen LogP contribution in [-0.4, -0.2) is 17.1 Å². The summed E-state index contributed by atoms with van der Waals surface area (Å²) in [5.41, 5.74) is 4.99. The van der Waals surface area contributed by atoms with E-state index in [0.29, 0.717) is 0 Å². The van der Waals surface area contributed by atoms with Crippen LogP contribution in [0.15, 0.2) is 12.1 Å². The van der Waals surface area contributed by atoms with E-state index >= 15 is 0 Å². The highest BCUT2D eigenvalue weighted by Crippen LogP contribution is 2.31. The monoisotopic (exact) mass is 279 g/mol. The molecular formula is C12H18Cl2N2O. The van der Waals surface area contributed by atoms with Crippen LogP contribution in [0.1, 0.15) is 36.5 Å². The van der Waals surface area contributed by atoms with Gasteiger partial charge in [-0.05, 0) is 38.5 Å². The first-order valence-electron chi connectivity index (χ1n) is 6.54. The summed E-state index contributed by atoms with van der Waals surface area (Å²) in [5, 5.41) is 13.0. The maximum Gasteiger partial charge on any atom is 0.0915 e. The van der Waals surface area contributed by atoms with Crippen molar-refractivity contribution in [2.24, 2.45) is 0 Å². The summed E-state index contributed by atoms with van der Waals surface area (Å²) >= 11 is 11.7. The van der Waals surface area contributed by atoms with Crippen molar-refractivity contribution in [3.05, 3.63) is 27.7 Å². The topological polar surface area (TPSA) is 58.3 Å². The molecule has 0 aliphatic rings. The first-order valence-corrected chi connectivity index (χ1v) is 5.80. The van der Waals surface area contributed by atoms with Crippen LogP contribution < -0.4 is 11.1 Å². The quantitative estimate of drug-likeness (QED) is 0.746. The number of hydrogen-bond donors (Lipinski definition) is 3. The van der Waals surface area contributed by atoms with E-state index in [0.717, 1.165) is 0 Å². The zero-order valence-electron chi connectivity index (χ0n) is 12.9. The van der Waals surface area contributed by atoms with Gasteiger partial charge in [-0.2, -0.15) is 0 Å². The van der Waals surface area contributed by atoms with E-state index in [4.69, 9.17) is 33.0 Å². The van der Waals surface area contributed by atoms with Crippen molar-refractivity contribution in [3.8, 4) is 0 Å². The first-order chi connectivity index (χ1) is 8.78. The summed E-state index contributed by atoms with van der Waals surface area (Å²) in [5.74, 6) is 0. The molecule has 1 aromatic rings. The number of benzene rings is 1. The van der Waals surface area contributed by atoms with E-state index in [9.17, 15) is 5.11 Å². The molecule has 0 amide bonds. The summed E-state index contributed by atoms with van der Waals surface area (Å²) in [6.45, 7) is 2.76. The van der Waals surface area contributed by atoms with Crippen LogP contribution >= 0.6 is 23.2 Å². The van der Waals surface area contributed by atoms with Gasteiger partial charge in [-0.3, -0.25) is 0 Å². The Hall–Kier alpha value is -0.480. The van der Waals surface area contributed by atoms with E-state index in [1.165, 1.54) is 12.1 Å². The van der Waals surface area contributed by atoms with Gasteiger partial charge in [0.2, 0.25) is 0 Å². The summed E-state index contributed by atoms with van der Waals surface area (Å²) in [6, 6.07) is 2.47. The van der Waals surface area contributed by atoms with Gasteiger partial charge in [-0.1, -0.05) is 23.2 Å². The van der Waals surface area contributed by atoms with Crippen molar-refractivity contribution < 1.29 is 9.22 Å². The van der Waals surface area contributed by atoms with Gasteiger partial charge in [0, 0.05) is 14.8 Å². The zero-order chi connectivity index (χ0) is 15.9. The van der Waals surface area contributed by atoms with Crippen LogP contribution in [0.4, 0.5) is 5.69 Å². The summed E-state index contributed by atoms with van der Waals surface area (Å²) in [7, 11) is 0. The van der Waals surface area contributed by atoms with Gasteiger partial charge in [-0.15, -0.1) is 0 Å². The fourth-order valence-corrected chi connectivity index (χ4v) is 1.53. The van der Waals surface area contributed by atoms with Gasteiger partial charge in [0.15, 0.2) is 0 Å². The molecule has 1 rings (SSSR count). The molecule has 0 fully saturated rings. The van der Waals surface area contributed by atoms with Crippen LogP contribution in [0.25, 0.3) is 0 Å². The number of aliphatic hydroxyl groups is 1. The van der Waals surface area contributed by atoms with Crippen molar-refractivity contribution in [2.75, 3.05) is 12.2 Å². The molecule has 0 aromatic heterocycles. The third-order valence-electron chi connectivity index (χ3n) is 1.91. The Kier molecular flexibility index (Phi) is 3.34. The van der Waals surface area contributed by atoms with Crippen molar-refractivity contribution in [1.82, 2.24) is 5.32 Å².